The van der Waals surface area contributed by atoms with E-state index in [1.165, 1.54) is 17.4 Å². The van der Waals surface area contributed by atoms with Crippen molar-refractivity contribution in [2.24, 2.45) is 0 Å². The molecule has 0 amide bonds. The van der Waals surface area contributed by atoms with Gasteiger partial charge >= 0.3 is 5.97 Å². The number of fused-ring (bicyclic) bond motifs is 1. The van der Waals surface area contributed by atoms with Crippen molar-refractivity contribution >= 4 is 27.4 Å². The van der Waals surface area contributed by atoms with Gasteiger partial charge in [-0.15, -0.1) is 11.3 Å². The number of hydrogen-bond acceptors (Lipinski definition) is 3. The third-order valence-corrected chi connectivity index (χ3v) is 3.01. The maximum atomic E-state index is 13.4. The van der Waals surface area contributed by atoms with Crippen LogP contribution in [0, 0.1) is 5.82 Å². The van der Waals surface area contributed by atoms with Crippen LogP contribution in [0.5, 0.6) is 5.75 Å². The van der Waals surface area contributed by atoms with Crippen molar-refractivity contribution in [1.82, 2.24) is 0 Å². The molecule has 0 saturated carbocycles. The number of halogens is 1. The molecule has 2 aromatic rings. The van der Waals surface area contributed by atoms with Crippen LogP contribution in [0.2, 0.25) is 0 Å². The summed E-state index contributed by atoms with van der Waals surface area (Å²) in [5, 5.41) is 19.7. The lowest BCUT2D eigenvalue weighted by atomic mass is 10.1. The van der Waals surface area contributed by atoms with Crippen molar-refractivity contribution < 1.29 is 19.4 Å². The van der Waals surface area contributed by atoms with Crippen molar-refractivity contribution in [3.8, 4) is 5.75 Å². The summed E-state index contributed by atoms with van der Waals surface area (Å²) >= 11 is 1.22. The number of hydrogen-bond donors (Lipinski definition) is 2. The third-order valence-electron chi connectivity index (χ3n) is 2.03. The number of benzene rings is 1. The van der Waals surface area contributed by atoms with E-state index in [0.29, 0.717) is 15.6 Å². The van der Waals surface area contributed by atoms with Crippen LogP contribution in [-0.2, 0) is 11.2 Å². The first-order valence-electron chi connectivity index (χ1n) is 4.18. The van der Waals surface area contributed by atoms with Crippen LogP contribution < -0.4 is 0 Å². The molecule has 1 heterocycles. The van der Waals surface area contributed by atoms with Crippen molar-refractivity contribution in [3.63, 3.8) is 0 Å². The summed E-state index contributed by atoms with van der Waals surface area (Å²) in [7, 11) is 0. The lowest BCUT2D eigenvalue weighted by Gasteiger charge is -1.98. The van der Waals surface area contributed by atoms with Gasteiger partial charge in [0.05, 0.1) is 6.42 Å². The minimum absolute atomic E-state index is 0.149. The molecule has 1 aromatic heterocycles. The number of rotatable bonds is 2. The third kappa shape index (κ3) is 1.78. The van der Waals surface area contributed by atoms with Crippen LogP contribution in [0.1, 0.15) is 5.56 Å². The minimum Gasteiger partial charge on any atom is -0.508 e. The highest BCUT2D eigenvalue weighted by molar-refractivity contribution is 7.17. The van der Waals surface area contributed by atoms with Crippen LogP contribution in [0.15, 0.2) is 17.5 Å². The highest BCUT2D eigenvalue weighted by Gasteiger charge is 2.12. The standard InChI is InChI=1S/C10H7FO3S/c11-7-2-6(12)3-8-10(7)5(4-15-8)1-9(13)14/h2-4,12H,1H2,(H,13,14). The van der Waals surface area contributed by atoms with Crippen LogP contribution >= 0.6 is 11.3 Å². The first-order valence-corrected chi connectivity index (χ1v) is 5.06. The van der Waals surface area contributed by atoms with Crippen LogP contribution in [0.25, 0.3) is 10.1 Å². The Morgan fingerprint density at radius 3 is 2.87 bits per heavy atom. The van der Waals surface area contributed by atoms with Crippen molar-refractivity contribution in [2.75, 3.05) is 0 Å². The van der Waals surface area contributed by atoms with E-state index in [0.717, 1.165) is 6.07 Å². The summed E-state index contributed by atoms with van der Waals surface area (Å²) in [6.07, 6.45) is -0.207. The summed E-state index contributed by atoms with van der Waals surface area (Å²) in [5.74, 6) is -1.73. The summed E-state index contributed by atoms with van der Waals surface area (Å²) < 4.78 is 14.0. The molecular formula is C10H7FO3S. The summed E-state index contributed by atoms with van der Waals surface area (Å²) in [6.45, 7) is 0. The van der Waals surface area contributed by atoms with Gasteiger partial charge in [0.2, 0.25) is 0 Å². The smallest absolute Gasteiger partial charge is 0.307 e. The Kier molecular flexibility index (Phi) is 2.32. The Bertz CT molecular complexity index is 533. The van der Waals surface area contributed by atoms with Gasteiger partial charge in [0.25, 0.3) is 0 Å². The SMILES string of the molecule is O=C(O)Cc1csc2cc(O)cc(F)c12. The fourth-order valence-electron chi connectivity index (χ4n) is 1.46. The second kappa shape index (κ2) is 3.51. The predicted octanol–water partition coefficient (Wildman–Crippen LogP) is 2.37. The van der Waals surface area contributed by atoms with Gasteiger partial charge in [-0.05, 0) is 17.0 Å². The van der Waals surface area contributed by atoms with Crippen molar-refractivity contribution in [2.45, 2.75) is 6.42 Å². The number of phenolic OH excluding ortho intramolecular Hbond substituents is 1. The van der Waals surface area contributed by atoms with Crippen molar-refractivity contribution in [3.05, 3.63) is 28.9 Å². The number of thiophene rings is 1. The molecule has 0 aliphatic heterocycles. The molecule has 0 saturated heterocycles. The summed E-state index contributed by atoms with van der Waals surface area (Å²) in [6, 6.07) is 2.41. The summed E-state index contributed by atoms with van der Waals surface area (Å²) in [5.41, 5.74) is 0.444. The topological polar surface area (TPSA) is 57.5 Å². The molecule has 2 rings (SSSR count). The lowest BCUT2D eigenvalue weighted by molar-refractivity contribution is -0.136. The average molecular weight is 226 g/mol. The average Bonchev–Trinajstić information content (AvgIpc) is 2.46. The second-order valence-corrected chi connectivity index (χ2v) is 4.04. The van der Waals surface area contributed by atoms with E-state index in [1.807, 2.05) is 0 Å². The molecule has 3 nitrogen and oxygen atoms in total. The number of carbonyl (C=O) groups is 1. The minimum atomic E-state index is -0.998. The highest BCUT2D eigenvalue weighted by Crippen LogP contribution is 2.32. The summed E-state index contributed by atoms with van der Waals surface area (Å²) in [4.78, 5) is 10.5. The molecule has 0 radical (unpaired) electrons. The Morgan fingerprint density at radius 2 is 2.20 bits per heavy atom. The largest absolute Gasteiger partial charge is 0.508 e. The molecule has 0 bridgehead atoms. The normalized spacial score (nSPS) is 10.7. The van der Waals surface area contributed by atoms with E-state index in [4.69, 9.17) is 10.2 Å². The van der Waals surface area contributed by atoms with Gasteiger partial charge in [0, 0.05) is 16.2 Å². The molecule has 2 N–H and O–H groups in total. The highest BCUT2D eigenvalue weighted by atomic mass is 32.1. The molecule has 78 valence electrons. The number of carboxylic acid groups (broad SMARTS) is 1. The van der Waals surface area contributed by atoms with Gasteiger partial charge in [-0.3, -0.25) is 4.79 Å². The maximum Gasteiger partial charge on any atom is 0.307 e. The molecule has 5 heteroatoms. The molecule has 0 aliphatic rings. The van der Waals surface area contributed by atoms with Crippen LogP contribution in [0.4, 0.5) is 4.39 Å². The molecule has 0 unspecified atom stereocenters. The van der Waals surface area contributed by atoms with Gasteiger partial charge in [0.1, 0.15) is 11.6 Å². The molecule has 15 heavy (non-hydrogen) atoms. The van der Waals surface area contributed by atoms with E-state index in [1.54, 1.807) is 5.38 Å². The molecule has 0 aliphatic carbocycles. The first kappa shape index (κ1) is 9.92. The van der Waals surface area contributed by atoms with E-state index in [9.17, 15) is 9.18 Å². The Labute approximate surface area is 88.4 Å². The quantitative estimate of drug-likeness (QED) is 0.826. The predicted molar refractivity (Wildman–Crippen MR) is 54.8 cm³/mol. The zero-order valence-corrected chi connectivity index (χ0v) is 8.34. The fraction of sp³-hybridized carbons (Fsp3) is 0.100. The molecule has 0 spiro atoms. The van der Waals surface area contributed by atoms with E-state index in [2.05, 4.69) is 0 Å². The Balaban J connectivity index is 2.63. The van der Waals surface area contributed by atoms with Crippen LogP contribution in [0.3, 0.4) is 0 Å². The Hall–Kier alpha value is -1.62. The second-order valence-electron chi connectivity index (χ2n) is 3.13. The van der Waals surface area contributed by atoms with E-state index < -0.39 is 11.8 Å². The lowest BCUT2D eigenvalue weighted by Crippen LogP contribution is -1.99. The molecule has 0 atom stereocenters. The van der Waals surface area contributed by atoms with E-state index >= 15 is 0 Å². The molecular weight excluding hydrogens is 219 g/mol. The molecule has 0 fully saturated rings. The van der Waals surface area contributed by atoms with Gasteiger partial charge in [-0.2, -0.15) is 0 Å². The van der Waals surface area contributed by atoms with Gasteiger partial charge < -0.3 is 10.2 Å². The van der Waals surface area contributed by atoms with Gasteiger partial charge in [0.15, 0.2) is 0 Å². The van der Waals surface area contributed by atoms with Crippen LogP contribution in [-0.4, -0.2) is 16.2 Å². The van der Waals surface area contributed by atoms with E-state index in [-0.39, 0.29) is 12.2 Å². The number of carboxylic acids is 1. The van der Waals surface area contributed by atoms with Crippen molar-refractivity contribution in [1.29, 1.82) is 0 Å². The van der Waals surface area contributed by atoms with Gasteiger partial charge in [-0.1, -0.05) is 0 Å². The number of aromatic hydroxyl groups is 1. The maximum absolute atomic E-state index is 13.4. The van der Waals surface area contributed by atoms with Gasteiger partial charge in [-0.25, -0.2) is 4.39 Å². The number of phenols is 1. The molecule has 1 aromatic carbocycles. The Morgan fingerprint density at radius 1 is 1.47 bits per heavy atom. The number of aliphatic carboxylic acids is 1. The fourth-order valence-corrected chi connectivity index (χ4v) is 2.46. The monoisotopic (exact) mass is 226 g/mol. The first-order chi connectivity index (χ1) is 7.08. The zero-order chi connectivity index (χ0) is 11.0. The zero-order valence-electron chi connectivity index (χ0n) is 7.53.